The van der Waals surface area contributed by atoms with Crippen LogP contribution in [-0.4, -0.2) is 18.3 Å². The normalized spacial score (nSPS) is 19.3. The van der Waals surface area contributed by atoms with Crippen LogP contribution in [0.3, 0.4) is 0 Å². The zero-order valence-corrected chi connectivity index (χ0v) is 11.4. The van der Waals surface area contributed by atoms with Gasteiger partial charge in [0.15, 0.2) is 0 Å². The van der Waals surface area contributed by atoms with E-state index in [0.717, 1.165) is 18.4 Å². The van der Waals surface area contributed by atoms with E-state index in [1.165, 1.54) is 24.8 Å². The first kappa shape index (κ1) is 13.6. The highest BCUT2D eigenvalue weighted by molar-refractivity contribution is 5.34. The van der Waals surface area contributed by atoms with E-state index >= 15 is 0 Å². The summed E-state index contributed by atoms with van der Waals surface area (Å²) in [5.41, 5.74) is 2.40. The summed E-state index contributed by atoms with van der Waals surface area (Å²) in [6.45, 7) is 2.12. The summed E-state index contributed by atoms with van der Waals surface area (Å²) in [5, 5.41) is 10.5. The molecule has 1 aliphatic carbocycles. The molecule has 0 heterocycles. The summed E-state index contributed by atoms with van der Waals surface area (Å²) in [4.78, 5) is 0. The summed E-state index contributed by atoms with van der Waals surface area (Å²) in [6, 6.07) is 8.31. The van der Waals surface area contributed by atoms with Crippen molar-refractivity contribution in [2.45, 2.75) is 57.2 Å². The van der Waals surface area contributed by atoms with Crippen LogP contribution in [0.5, 0.6) is 0 Å². The van der Waals surface area contributed by atoms with Gasteiger partial charge in [0.05, 0.1) is 6.10 Å². The second-order valence-corrected chi connectivity index (χ2v) is 5.26. The van der Waals surface area contributed by atoms with Gasteiger partial charge in [0, 0.05) is 7.11 Å². The molecule has 0 aliphatic heterocycles. The number of hydrogen-bond donors (Lipinski definition) is 1. The van der Waals surface area contributed by atoms with Crippen LogP contribution in [0.1, 0.15) is 62.2 Å². The quantitative estimate of drug-likeness (QED) is 0.829. The number of ether oxygens (including phenoxy) is 1. The molecule has 100 valence electrons. The van der Waals surface area contributed by atoms with Gasteiger partial charge >= 0.3 is 0 Å². The lowest BCUT2D eigenvalue weighted by Gasteiger charge is -2.31. The van der Waals surface area contributed by atoms with Crippen molar-refractivity contribution in [2.24, 2.45) is 0 Å². The monoisotopic (exact) mass is 248 g/mol. The molecule has 2 unspecified atom stereocenters. The Labute approximate surface area is 110 Å². The lowest BCUT2D eigenvalue weighted by atomic mass is 9.77. The van der Waals surface area contributed by atoms with Crippen molar-refractivity contribution in [3.05, 3.63) is 35.4 Å². The molecule has 0 saturated heterocycles. The molecule has 2 heteroatoms. The molecular formula is C16H24O2. The van der Waals surface area contributed by atoms with Crippen molar-refractivity contribution >= 4 is 0 Å². The van der Waals surface area contributed by atoms with Crippen molar-refractivity contribution in [1.82, 2.24) is 0 Å². The molecule has 2 nitrogen and oxygen atoms in total. The zero-order chi connectivity index (χ0) is 13.0. The molecule has 1 aliphatic rings. The fourth-order valence-corrected chi connectivity index (χ4v) is 2.76. The van der Waals surface area contributed by atoms with E-state index in [-0.39, 0.29) is 6.10 Å². The number of rotatable bonds is 6. The van der Waals surface area contributed by atoms with Gasteiger partial charge < -0.3 is 9.84 Å². The molecule has 2 rings (SSSR count). The van der Waals surface area contributed by atoms with E-state index < -0.39 is 6.10 Å². The highest BCUT2D eigenvalue weighted by atomic mass is 16.5. The van der Waals surface area contributed by atoms with Crippen LogP contribution < -0.4 is 0 Å². The molecule has 1 N–H and O–H groups in total. The first-order valence-corrected chi connectivity index (χ1v) is 7.07. The van der Waals surface area contributed by atoms with Crippen LogP contribution in [0.15, 0.2) is 24.3 Å². The lowest BCUT2D eigenvalue weighted by molar-refractivity contribution is -0.0186. The van der Waals surface area contributed by atoms with Crippen molar-refractivity contribution in [1.29, 1.82) is 0 Å². The van der Waals surface area contributed by atoms with E-state index in [0.29, 0.717) is 5.92 Å². The summed E-state index contributed by atoms with van der Waals surface area (Å²) < 4.78 is 5.44. The van der Waals surface area contributed by atoms with Crippen molar-refractivity contribution in [2.75, 3.05) is 7.11 Å². The van der Waals surface area contributed by atoms with Gasteiger partial charge in [-0.2, -0.15) is 0 Å². The van der Waals surface area contributed by atoms with Crippen LogP contribution in [0.4, 0.5) is 0 Å². The van der Waals surface area contributed by atoms with Gasteiger partial charge in [-0.1, -0.05) is 44.0 Å². The van der Waals surface area contributed by atoms with Gasteiger partial charge in [-0.3, -0.25) is 0 Å². The third-order valence-corrected chi connectivity index (χ3v) is 4.09. The Morgan fingerprint density at radius 3 is 2.61 bits per heavy atom. The zero-order valence-electron chi connectivity index (χ0n) is 11.4. The molecule has 2 atom stereocenters. The second kappa shape index (κ2) is 6.35. The van der Waals surface area contributed by atoms with Gasteiger partial charge in [-0.05, 0) is 36.3 Å². The minimum Gasteiger partial charge on any atom is -0.386 e. The summed E-state index contributed by atoms with van der Waals surface area (Å²) in [5.74, 6) is 0.648. The second-order valence-electron chi connectivity index (χ2n) is 5.26. The number of benzene rings is 1. The van der Waals surface area contributed by atoms with Gasteiger partial charge in [-0.25, -0.2) is 0 Å². The van der Waals surface area contributed by atoms with Crippen molar-refractivity contribution < 1.29 is 9.84 Å². The smallest absolute Gasteiger partial charge is 0.105 e. The Morgan fingerprint density at radius 2 is 2.06 bits per heavy atom. The van der Waals surface area contributed by atoms with Gasteiger partial charge in [-0.15, -0.1) is 0 Å². The van der Waals surface area contributed by atoms with Crippen LogP contribution in [0.2, 0.25) is 0 Å². The third kappa shape index (κ3) is 2.76. The maximum Gasteiger partial charge on any atom is 0.105 e. The molecule has 0 radical (unpaired) electrons. The average molecular weight is 248 g/mol. The Hall–Kier alpha value is -0.860. The minimum absolute atomic E-state index is 0.0868. The lowest BCUT2D eigenvalue weighted by Crippen LogP contribution is -2.23. The molecule has 1 aromatic rings. The number of aliphatic hydroxyl groups excluding tert-OH is 1. The molecule has 1 fully saturated rings. The Bertz CT molecular complexity index is 371. The third-order valence-electron chi connectivity index (χ3n) is 4.09. The van der Waals surface area contributed by atoms with Crippen molar-refractivity contribution in [3.8, 4) is 0 Å². The predicted octanol–water partition coefficient (Wildman–Crippen LogP) is 3.80. The first-order valence-electron chi connectivity index (χ1n) is 7.07. The van der Waals surface area contributed by atoms with Gasteiger partial charge in [0.25, 0.3) is 0 Å². The fraction of sp³-hybridized carbons (Fsp3) is 0.625. The van der Waals surface area contributed by atoms with Crippen LogP contribution in [0, 0.1) is 0 Å². The average Bonchev–Trinajstić information content (AvgIpc) is 2.34. The van der Waals surface area contributed by atoms with Crippen LogP contribution in [0.25, 0.3) is 0 Å². The van der Waals surface area contributed by atoms with Crippen LogP contribution in [-0.2, 0) is 4.74 Å². The number of methoxy groups -OCH3 is 1. The Balaban J connectivity index is 2.20. The van der Waals surface area contributed by atoms with E-state index in [9.17, 15) is 5.11 Å². The minimum atomic E-state index is -0.494. The van der Waals surface area contributed by atoms with E-state index in [2.05, 4.69) is 25.1 Å². The van der Waals surface area contributed by atoms with E-state index in [4.69, 9.17) is 4.74 Å². The number of aliphatic hydroxyl groups is 1. The molecule has 0 amide bonds. The fourth-order valence-electron chi connectivity index (χ4n) is 2.76. The first-order chi connectivity index (χ1) is 8.77. The van der Waals surface area contributed by atoms with Crippen molar-refractivity contribution in [3.63, 3.8) is 0 Å². The molecule has 0 aromatic heterocycles. The largest absolute Gasteiger partial charge is 0.386 e. The van der Waals surface area contributed by atoms with Gasteiger partial charge in [0.1, 0.15) is 6.10 Å². The number of hydrogen-bond acceptors (Lipinski definition) is 2. The molecule has 18 heavy (non-hydrogen) atoms. The molecule has 1 aromatic carbocycles. The molecule has 0 spiro atoms. The molecule has 0 bridgehead atoms. The Morgan fingerprint density at radius 1 is 1.33 bits per heavy atom. The SMILES string of the molecule is CCCC(OC)C(O)c1ccccc1C1CCC1. The highest BCUT2D eigenvalue weighted by Crippen LogP contribution is 2.40. The highest BCUT2D eigenvalue weighted by Gasteiger charge is 2.27. The molecule has 1 saturated carbocycles. The maximum atomic E-state index is 10.5. The molecular weight excluding hydrogens is 224 g/mol. The maximum absolute atomic E-state index is 10.5. The van der Waals surface area contributed by atoms with E-state index in [1.807, 2.05) is 6.07 Å². The Kier molecular flexibility index (Phi) is 4.79. The summed E-state index contributed by atoms with van der Waals surface area (Å²) in [7, 11) is 1.69. The summed E-state index contributed by atoms with van der Waals surface area (Å²) >= 11 is 0. The predicted molar refractivity (Wildman–Crippen MR) is 73.7 cm³/mol. The van der Waals surface area contributed by atoms with E-state index in [1.54, 1.807) is 7.11 Å². The summed E-state index contributed by atoms with van der Waals surface area (Å²) in [6.07, 6.45) is 5.18. The topological polar surface area (TPSA) is 29.5 Å². The standard InChI is InChI=1S/C16H24O2/c1-3-7-15(18-2)16(17)14-11-5-4-10-13(14)12-8-6-9-12/h4-5,10-12,15-17H,3,6-9H2,1-2H3. The van der Waals surface area contributed by atoms with Gasteiger partial charge in [0.2, 0.25) is 0 Å². The van der Waals surface area contributed by atoms with Crippen LogP contribution >= 0.6 is 0 Å².